The van der Waals surface area contributed by atoms with Crippen LogP contribution in [0, 0.1) is 5.92 Å². The van der Waals surface area contributed by atoms with Gasteiger partial charge in [0.05, 0.1) is 0 Å². The van der Waals surface area contributed by atoms with Gasteiger partial charge in [0.1, 0.15) is 6.04 Å². The maximum absolute atomic E-state index is 11.1. The van der Waals surface area contributed by atoms with E-state index in [0.717, 1.165) is 26.1 Å². The average molecular weight is 242 g/mol. The van der Waals surface area contributed by atoms with Crippen molar-refractivity contribution >= 4 is 5.97 Å². The minimum absolute atomic E-state index is 0.295. The first-order valence-electron chi connectivity index (χ1n) is 6.74. The van der Waals surface area contributed by atoms with Crippen LogP contribution in [0.25, 0.3) is 0 Å². The minimum Gasteiger partial charge on any atom is -0.480 e. The Bertz CT molecular complexity index is 244. The van der Waals surface area contributed by atoms with Crippen LogP contribution in [0.5, 0.6) is 0 Å². The molecule has 1 aliphatic heterocycles. The summed E-state index contributed by atoms with van der Waals surface area (Å²) in [6.45, 7) is 9.10. The highest BCUT2D eigenvalue weighted by atomic mass is 16.4. The van der Waals surface area contributed by atoms with Gasteiger partial charge in [-0.2, -0.15) is 0 Å². The third kappa shape index (κ3) is 4.64. The maximum atomic E-state index is 11.1. The Morgan fingerprint density at radius 3 is 2.76 bits per heavy atom. The van der Waals surface area contributed by atoms with Crippen molar-refractivity contribution in [3.8, 4) is 0 Å². The van der Waals surface area contributed by atoms with Crippen LogP contribution in [-0.2, 0) is 4.79 Å². The average Bonchev–Trinajstić information content (AvgIpc) is 2.27. The summed E-state index contributed by atoms with van der Waals surface area (Å²) in [6, 6.07) is 0.212. The third-order valence-corrected chi connectivity index (χ3v) is 3.48. The number of rotatable bonds is 6. The van der Waals surface area contributed by atoms with Crippen molar-refractivity contribution in [3.63, 3.8) is 0 Å². The van der Waals surface area contributed by atoms with Crippen molar-refractivity contribution in [1.29, 1.82) is 0 Å². The number of hydrogen-bond acceptors (Lipinski definition) is 3. The second kappa shape index (κ2) is 6.97. The van der Waals surface area contributed by atoms with Crippen molar-refractivity contribution in [1.82, 2.24) is 10.2 Å². The van der Waals surface area contributed by atoms with Crippen molar-refractivity contribution in [2.45, 2.75) is 52.1 Å². The van der Waals surface area contributed by atoms with Gasteiger partial charge >= 0.3 is 5.97 Å². The van der Waals surface area contributed by atoms with E-state index >= 15 is 0 Å². The summed E-state index contributed by atoms with van der Waals surface area (Å²) >= 11 is 0. The molecule has 1 fully saturated rings. The lowest BCUT2D eigenvalue weighted by Crippen LogP contribution is -2.48. The number of piperidine rings is 1. The number of carboxylic acids is 1. The number of nitrogens with zero attached hydrogens (tertiary/aromatic N) is 1. The summed E-state index contributed by atoms with van der Waals surface area (Å²) in [6.07, 6.45) is 3.03. The van der Waals surface area contributed by atoms with E-state index in [1.54, 1.807) is 0 Å². The van der Waals surface area contributed by atoms with Crippen molar-refractivity contribution in [3.05, 3.63) is 0 Å². The zero-order valence-corrected chi connectivity index (χ0v) is 11.3. The van der Waals surface area contributed by atoms with Gasteiger partial charge in [0.15, 0.2) is 0 Å². The Morgan fingerprint density at radius 2 is 2.24 bits per heavy atom. The highest BCUT2D eigenvalue weighted by Crippen LogP contribution is 2.19. The molecule has 1 aliphatic rings. The van der Waals surface area contributed by atoms with Crippen LogP contribution < -0.4 is 5.32 Å². The van der Waals surface area contributed by atoms with Gasteiger partial charge in [-0.3, -0.25) is 9.69 Å². The zero-order valence-electron chi connectivity index (χ0n) is 11.3. The van der Waals surface area contributed by atoms with Crippen LogP contribution >= 0.6 is 0 Å². The van der Waals surface area contributed by atoms with E-state index in [4.69, 9.17) is 0 Å². The fourth-order valence-electron chi connectivity index (χ4n) is 2.54. The monoisotopic (exact) mass is 242 g/mol. The van der Waals surface area contributed by atoms with Gasteiger partial charge in [-0.15, -0.1) is 0 Å². The maximum Gasteiger partial charge on any atom is 0.320 e. The normalized spacial score (nSPS) is 23.9. The van der Waals surface area contributed by atoms with Gasteiger partial charge in [0.2, 0.25) is 0 Å². The Hall–Kier alpha value is -0.610. The molecule has 0 aromatic heterocycles. The molecular formula is C13H26N2O2. The molecule has 1 heterocycles. The van der Waals surface area contributed by atoms with E-state index < -0.39 is 5.97 Å². The minimum atomic E-state index is -0.676. The number of aliphatic carboxylic acids is 1. The molecule has 4 heteroatoms. The first-order valence-corrected chi connectivity index (χ1v) is 6.74. The van der Waals surface area contributed by atoms with Crippen molar-refractivity contribution in [2.24, 2.45) is 5.92 Å². The first-order chi connectivity index (χ1) is 8.04. The summed E-state index contributed by atoms with van der Waals surface area (Å²) in [7, 11) is 0. The van der Waals surface area contributed by atoms with Gasteiger partial charge in [-0.1, -0.05) is 20.8 Å². The van der Waals surface area contributed by atoms with Crippen molar-refractivity contribution in [2.75, 3.05) is 19.6 Å². The van der Waals surface area contributed by atoms with Gasteiger partial charge < -0.3 is 10.4 Å². The summed E-state index contributed by atoms with van der Waals surface area (Å²) in [5.74, 6) is -0.0791. The molecule has 2 N–H and O–H groups in total. The lowest BCUT2D eigenvalue weighted by Gasteiger charge is -2.36. The Kier molecular flexibility index (Phi) is 5.92. The molecule has 1 saturated heterocycles. The van der Waals surface area contributed by atoms with Crippen LogP contribution in [0.3, 0.4) is 0 Å². The SMILES string of the molecule is CCC(C(=O)O)N1CCCC(CNC(C)C)C1. The van der Waals surface area contributed by atoms with Gasteiger partial charge in [-0.25, -0.2) is 0 Å². The molecule has 0 saturated carbocycles. The number of nitrogens with one attached hydrogen (secondary N) is 1. The predicted octanol–water partition coefficient (Wildman–Crippen LogP) is 1.56. The summed E-state index contributed by atoms with van der Waals surface area (Å²) < 4.78 is 0. The number of carbonyl (C=O) groups is 1. The van der Waals surface area contributed by atoms with E-state index in [0.29, 0.717) is 18.4 Å². The van der Waals surface area contributed by atoms with Crippen molar-refractivity contribution < 1.29 is 9.90 Å². The van der Waals surface area contributed by atoms with Gasteiger partial charge in [-0.05, 0) is 38.3 Å². The molecule has 0 aromatic rings. The highest BCUT2D eigenvalue weighted by molar-refractivity contribution is 5.73. The molecule has 1 rings (SSSR count). The van der Waals surface area contributed by atoms with E-state index in [1.165, 1.54) is 6.42 Å². The molecule has 0 aromatic carbocycles. The topological polar surface area (TPSA) is 52.6 Å². The van der Waals surface area contributed by atoms with E-state index in [2.05, 4.69) is 24.1 Å². The molecule has 0 radical (unpaired) electrons. The molecule has 2 unspecified atom stereocenters. The van der Waals surface area contributed by atoms with E-state index in [-0.39, 0.29) is 6.04 Å². The quantitative estimate of drug-likeness (QED) is 0.742. The second-order valence-corrected chi connectivity index (χ2v) is 5.33. The number of likely N-dealkylation sites (tertiary alicyclic amines) is 1. The second-order valence-electron chi connectivity index (χ2n) is 5.33. The van der Waals surface area contributed by atoms with Crippen LogP contribution in [-0.4, -0.2) is 47.7 Å². The molecule has 100 valence electrons. The van der Waals surface area contributed by atoms with Crippen LogP contribution in [0.1, 0.15) is 40.0 Å². The molecule has 0 aliphatic carbocycles. The zero-order chi connectivity index (χ0) is 12.8. The largest absolute Gasteiger partial charge is 0.480 e. The Balaban J connectivity index is 2.44. The number of hydrogen-bond donors (Lipinski definition) is 2. The highest BCUT2D eigenvalue weighted by Gasteiger charge is 2.28. The third-order valence-electron chi connectivity index (χ3n) is 3.48. The molecule has 2 atom stereocenters. The van der Waals surface area contributed by atoms with Crippen LogP contribution in [0.15, 0.2) is 0 Å². The van der Waals surface area contributed by atoms with Crippen LogP contribution in [0.4, 0.5) is 0 Å². The van der Waals surface area contributed by atoms with Gasteiger partial charge in [0.25, 0.3) is 0 Å². The Morgan fingerprint density at radius 1 is 1.53 bits per heavy atom. The summed E-state index contributed by atoms with van der Waals surface area (Å²) in [5, 5.41) is 12.6. The molecule has 17 heavy (non-hydrogen) atoms. The standard InChI is InChI=1S/C13H26N2O2/c1-4-12(13(16)17)15-7-5-6-11(9-15)8-14-10(2)3/h10-12,14H,4-9H2,1-3H3,(H,16,17). The molecule has 4 nitrogen and oxygen atoms in total. The molecular weight excluding hydrogens is 216 g/mol. The van der Waals surface area contributed by atoms with Crippen LogP contribution in [0.2, 0.25) is 0 Å². The van der Waals surface area contributed by atoms with Gasteiger partial charge in [0, 0.05) is 12.6 Å². The fraction of sp³-hybridized carbons (Fsp3) is 0.923. The summed E-state index contributed by atoms with van der Waals surface area (Å²) in [5.41, 5.74) is 0. The first kappa shape index (κ1) is 14.5. The lowest BCUT2D eigenvalue weighted by atomic mass is 9.96. The summed E-state index contributed by atoms with van der Waals surface area (Å²) in [4.78, 5) is 13.3. The van der Waals surface area contributed by atoms with E-state index in [1.807, 2.05) is 6.92 Å². The fourth-order valence-corrected chi connectivity index (χ4v) is 2.54. The predicted molar refractivity (Wildman–Crippen MR) is 69.2 cm³/mol. The number of carboxylic acid groups (broad SMARTS) is 1. The smallest absolute Gasteiger partial charge is 0.320 e. The Labute approximate surface area is 104 Å². The molecule has 0 amide bonds. The molecule has 0 bridgehead atoms. The molecule has 0 spiro atoms. The van der Waals surface area contributed by atoms with E-state index in [9.17, 15) is 9.90 Å². The lowest BCUT2D eigenvalue weighted by molar-refractivity contribution is -0.144.